The second-order valence-electron chi connectivity index (χ2n) is 7.65. The van der Waals surface area contributed by atoms with Crippen LogP contribution in [0.1, 0.15) is 21.3 Å². The summed E-state index contributed by atoms with van der Waals surface area (Å²) >= 11 is 7.39. The second kappa shape index (κ2) is 9.57. The molecule has 2 amide bonds. The first kappa shape index (κ1) is 22.6. The quantitative estimate of drug-likeness (QED) is 0.316. The van der Waals surface area contributed by atoms with Gasteiger partial charge >= 0.3 is 0 Å². The summed E-state index contributed by atoms with van der Waals surface area (Å²) in [4.78, 5) is 45.9. The number of carbonyl (C=O) groups excluding carboxylic acids is 2. The van der Waals surface area contributed by atoms with Crippen LogP contribution in [0.5, 0.6) is 0 Å². The molecule has 5 aromatic rings. The maximum atomic E-state index is 13.2. The fraction of sp³-hybridized carbons (Fsp3) is 0.0400. The van der Waals surface area contributed by atoms with Crippen molar-refractivity contribution in [2.24, 2.45) is 0 Å². The molecule has 0 spiro atoms. The normalized spacial score (nSPS) is 11.8. The lowest BCUT2D eigenvalue weighted by molar-refractivity contribution is -0.118. The van der Waals surface area contributed by atoms with E-state index in [2.05, 4.69) is 20.6 Å². The lowest BCUT2D eigenvalue weighted by Gasteiger charge is -2.17. The van der Waals surface area contributed by atoms with Gasteiger partial charge in [-0.15, -0.1) is 11.3 Å². The van der Waals surface area contributed by atoms with E-state index in [1.54, 1.807) is 78.7 Å². The first-order chi connectivity index (χ1) is 17.0. The van der Waals surface area contributed by atoms with Crippen LogP contribution in [0.4, 0.5) is 5.69 Å². The molecule has 3 heterocycles. The van der Waals surface area contributed by atoms with Crippen molar-refractivity contribution in [2.45, 2.75) is 6.04 Å². The fourth-order valence-electron chi connectivity index (χ4n) is 3.64. The number of rotatable bonds is 6. The maximum Gasteiger partial charge on any atom is 0.255 e. The molecule has 1 unspecified atom stereocenters. The van der Waals surface area contributed by atoms with Gasteiger partial charge in [-0.05, 0) is 42.5 Å². The maximum absolute atomic E-state index is 13.2. The molecule has 0 fully saturated rings. The van der Waals surface area contributed by atoms with E-state index in [1.807, 2.05) is 0 Å². The molecule has 1 atom stereocenters. The third-order valence-electron chi connectivity index (χ3n) is 5.40. The largest absolute Gasteiger partial charge is 0.360 e. The highest BCUT2D eigenvalue weighted by Gasteiger charge is 2.25. The SMILES string of the molecule is O=C(NC(C(=O)Nc1ccc(-n2ccccc2=O)cc1)c1cncs1)c1ccc2c(Cl)c[nH]c2c1. The number of halogens is 1. The summed E-state index contributed by atoms with van der Waals surface area (Å²) in [6.45, 7) is 0. The number of fused-ring (bicyclic) bond motifs is 1. The standard InChI is InChI=1S/C25H18ClN5O3S/c26-19-12-28-20-11-15(4-9-18(19)20)24(33)30-23(21-13-27-14-35-21)25(34)29-16-5-7-17(8-6-16)31-10-2-1-3-22(31)32/h1-14,23,28H,(H,29,34)(H,30,33). The Balaban J connectivity index is 1.35. The van der Waals surface area contributed by atoms with E-state index in [0.29, 0.717) is 26.8 Å². The van der Waals surface area contributed by atoms with Gasteiger partial charge in [0.05, 0.1) is 15.4 Å². The number of nitrogens with one attached hydrogen (secondary N) is 3. The number of H-pyrrole nitrogens is 1. The minimum absolute atomic E-state index is 0.155. The Kier molecular flexibility index (Phi) is 6.17. The van der Waals surface area contributed by atoms with E-state index in [1.165, 1.54) is 22.0 Å². The third-order valence-corrected chi connectivity index (χ3v) is 6.56. The molecule has 0 radical (unpaired) electrons. The van der Waals surface area contributed by atoms with Crippen molar-refractivity contribution in [1.29, 1.82) is 0 Å². The lowest BCUT2D eigenvalue weighted by Crippen LogP contribution is -2.36. The molecule has 8 nitrogen and oxygen atoms in total. The van der Waals surface area contributed by atoms with Crippen molar-refractivity contribution in [3.63, 3.8) is 0 Å². The Bertz CT molecular complexity index is 1580. The van der Waals surface area contributed by atoms with Crippen LogP contribution >= 0.6 is 22.9 Å². The Labute approximate surface area is 208 Å². The minimum atomic E-state index is -0.950. The molecule has 5 rings (SSSR count). The first-order valence-electron chi connectivity index (χ1n) is 10.5. The van der Waals surface area contributed by atoms with E-state index in [9.17, 15) is 14.4 Å². The zero-order valence-corrected chi connectivity index (χ0v) is 19.6. The first-order valence-corrected chi connectivity index (χ1v) is 11.8. The predicted molar refractivity (Wildman–Crippen MR) is 136 cm³/mol. The number of pyridine rings is 1. The number of anilines is 1. The van der Waals surface area contributed by atoms with Gasteiger partial charge in [-0.3, -0.25) is 23.9 Å². The van der Waals surface area contributed by atoms with Gasteiger partial charge in [0.15, 0.2) is 0 Å². The van der Waals surface area contributed by atoms with Crippen molar-refractivity contribution in [2.75, 3.05) is 5.32 Å². The molecule has 0 saturated heterocycles. The Morgan fingerprint density at radius 1 is 1.09 bits per heavy atom. The molecule has 3 aromatic heterocycles. The number of thiazole rings is 1. The van der Waals surface area contributed by atoms with E-state index in [0.717, 1.165) is 10.9 Å². The summed E-state index contributed by atoms with van der Waals surface area (Å²) in [5, 5.41) is 7.00. The van der Waals surface area contributed by atoms with Crippen LogP contribution in [0, 0.1) is 0 Å². The summed E-state index contributed by atoms with van der Waals surface area (Å²) in [6, 6.07) is 15.9. The molecule has 174 valence electrons. The monoisotopic (exact) mass is 503 g/mol. The van der Waals surface area contributed by atoms with Crippen LogP contribution in [-0.4, -0.2) is 26.3 Å². The molecule has 0 aliphatic rings. The van der Waals surface area contributed by atoms with Gasteiger partial charge < -0.3 is 15.6 Å². The summed E-state index contributed by atoms with van der Waals surface area (Å²) in [6.07, 6.45) is 4.87. The topological polar surface area (TPSA) is 109 Å². The molecular formula is C25H18ClN5O3S. The number of hydrogen-bond donors (Lipinski definition) is 3. The highest BCUT2D eigenvalue weighted by atomic mass is 35.5. The molecular weight excluding hydrogens is 486 g/mol. The van der Waals surface area contributed by atoms with Crippen molar-refractivity contribution < 1.29 is 9.59 Å². The van der Waals surface area contributed by atoms with Gasteiger partial charge in [0.2, 0.25) is 0 Å². The fourth-order valence-corrected chi connectivity index (χ4v) is 4.53. The molecule has 0 saturated carbocycles. The van der Waals surface area contributed by atoms with Gasteiger partial charge in [-0.1, -0.05) is 23.7 Å². The van der Waals surface area contributed by atoms with Crippen molar-refractivity contribution in [3.05, 3.63) is 111 Å². The number of carbonyl (C=O) groups is 2. The number of nitrogens with zero attached hydrogens (tertiary/aromatic N) is 2. The molecule has 2 aromatic carbocycles. The van der Waals surface area contributed by atoms with Gasteiger partial charge in [-0.25, -0.2) is 0 Å². The number of aromatic nitrogens is 3. The molecule has 0 bridgehead atoms. The summed E-state index contributed by atoms with van der Waals surface area (Å²) < 4.78 is 1.50. The number of amides is 2. The van der Waals surface area contributed by atoms with Crippen LogP contribution in [0.25, 0.3) is 16.6 Å². The van der Waals surface area contributed by atoms with Crippen molar-refractivity contribution >= 4 is 51.3 Å². The molecule has 35 heavy (non-hydrogen) atoms. The van der Waals surface area contributed by atoms with Crippen LogP contribution in [0.2, 0.25) is 5.02 Å². The predicted octanol–water partition coefficient (Wildman–Crippen LogP) is 4.54. The zero-order chi connectivity index (χ0) is 24.4. The summed E-state index contributed by atoms with van der Waals surface area (Å²) in [5.74, 6) is -0.832. The van der Waals surface area contributed by atoms with E-state index in [-0.39, 0.29) is 5.56 Å². The van der Waals surface area contributed by atoms with Gasteiger partial charge in [-0.2, -0.15) is 0 Å². The summed E-state index contributed by atoms with van der Waals surface area (Å²) in [7, 11) is 0. The highest BCUT2D eigenvalue weighted by Crippen LogP contribution is 2.25. The van der Waals surface area contributed by atoms with Crippen molar-refractivity contribution in [3.8, 4) is 5.69 Å². The molecule has 3 N–H and O–H groups in total. The summed E-state index contributed by atoms with van der Waals surface area (Å²) in [5.41, 5.74) is 3.74. The molecule has 10 heteroatoms. The van der Waals surface area contributed by atoms with Gasteiger partial charge in [0.25, 0.3) is 17.4 Å². The second-order valence-corrected chi connectivity index (χ2v) is 8.98. The minimum Gasteiger partial charge on any atom is -0.360 e. The van der Waals surface area contributed by atoms with Crippen molar-refractivity contribution in [1.82, 2.24) is 19.9 Å². The van der Waals surface area contributed by atoms with Crippen LogP contribution < -0.4 is 16.2 Å². The van der Waals surface area contributed by atoms with E-state index < -0.39 is 17.9 Å². The third kappa shape index (κ3) is 4.72. The average molecular weight is 504 g/mol. The Morgan fingerprint density at radius 2 is 1.91 bits per heavy atom. The van der Waals surface area contributed by atoms with Crippen LogP contribution in [-0.2, 0) is 4.79 Å². The van der Waals surface area contributed by atoms with E-state index >= 15 is 0 Å². The molecule has 0 aliphatic carbocycles. The average Bonchev–Trinajstić information content (AvgIpc) is 3.53. The highest BCUT2D eigenvalue weighted by molar-refractivity contribution is 7.09. The molecule has 0 aliphatic heterocycles. The van der Waals surface area contributed by atoms with Crippen LogP contribution in [0.3, 0.4) is 0 Å². The Morgan fingerprint density at radius 3 is 2.66 bits per heavy atom. The number of hydrogen-bond acceptors (Lipinski definition) is 5. The van der Waals surface area contributed by atoms with Gasteiger partial charge in [0.1, 0.15) is 6.04 Å². The van der Waals surface area contributed by atoms with Gasteiger partial charge in [0, 0.05) is 52.5 Å². The zero-order valence-electron chi connectivity index (χ0n) is 18.1. The lowest BCUT2D eigenvalue weighted by atomic mass is 10.1. The smallest absolute Gasteiger partial charge is 0.255 e. The number of benzene rings is 2. The van der Waals surface area contributed by atoms with E-state index in [4.69, 9.17) is 11.6 Å². The number of aromatic amines is 1. The van der Waals surface area contributed by atoms with Crippen LogP contribution in [0.15, 0.2) is 89.6 Å². The Hall–Kier alpha value is -4.21.